The van der Waals surface area contributed by atoms with Gasteiger partial charge in [-0.1, -0.05) is 36.8 Å². The molecule has 1 unspecified atom stereocenters. The average molecular weight is 366 g/mol. The highest BCUT2D eigenvalue weighted by molar-refractivity contribution is 6.00. The normalized spacial score (nSPS) is 14.3. The zero-order valence-corrected chi connectivity index (χ0v) is 15.8. The molecule has 0 aliphatic carbocycles. The number of fused-ring (bicyclic) bond motifs is 1. The summed E-state index contributed by atoms with van der Waals surface area (Å²) in [5, 5.41) is 5.78. The summed E-state index contributed by atoms with van der Waals surface area (Å²) in [6, 6.07) is 13.2. The smallest absolute Gasteiger partial charge is 0.323 e. The van der Waals surface area contributed by atoms with Gasteiger partial charge in [0.2, 0.25) is 5.91 Å². The van der Waals surface area contributed by atoms with Crippen molar-refractivity contribution in [2.75, 3.05) is 23.7 Å². The molecule has 4 N–H and O–H groups in total. The fourth-order valence-electron chi connectivity index (χ4n) is 3.25. The second-order valence-electron chi connectivity index (χ2n) is 7.03. The Balaban J connectivity index is 1.69. The van der Waals surface area contributed by atoms with E-state index < -0.39 is 0 Å². The van der Waals surface area contributed by atoms with Gasteiger partial charge in [0.25, 0.3) is 0 Å². The Morgan fingerprint density at radius 1 is 1.15 bits per heavy atom. The number of rotatable bonds is 4. The molecule has 0 radical (unpaired) electrons. The third-order valence-electron chi connectivity index (χ3n) is 4.91. The first-order valence-corrected chi connectivity index (χ1v) is 9.22. The van der Waals surface area contributed by atoms with Gasteiger partial charge in [-0.3, -0.25) is 4.79 Å². The lowest BCUT2D eigenvalue weighted by atomic mass is 9.96. The fraction of sp³-hybridized carbons (Fsp3) is 0.333. The predicted molar refractivity (Wildman–Crippen MR) is 108 cm³/mol. The maximum absolute atomic E-state index is 12.4. The minimum absolute atomic E-state index is 0.0821. The van der Waals surface area contributed by atoms with Crippen LogP contribution in [-0.4, -0.2) is 29.9 Å². The van der Waals surface area contributed by atoms with Gasteiger partial charge >= 0.3 is 6.03 Å². The zero-order chi connectivity index (χ0) is 19.4. The van der Waals surface area contributed by atoms with Crippen molar-refractivity contribution < 1.29 is 9.59 Å². The van der Waals surface area contributed by atoms with E-state index in [4.69, 9.17) is 5.73 Å². The fourth-order valence-corrected chi connectivity index (χ4v) is 3.25. The van der Waals surface area contributed by atoms with E-state index in [1.807, 2.05) is 61.2 Å². The highest BCUT2D eigenvalue weighted by Gasteiger charge is 2.25. The van der Waals surface area contributed by atoms with E-state index in [0.717, 1.165) is 28.1 Å². The molecule has 0 fully saturated rings. The summed E-state index contributed by atoms with van der Waals surface area (Å²) in [6.45, 7) is 5.39. The van der Waals surface area contributed by atoms with E-state index in [0.29, 0.717) is 26.1 Å². The topological polar surface area (TPSA) is 87.5 Å². The first-order valence-electron chi connectivity index (χ1n) is 9.22. The number of hydrogen-bond acceptors (Lipinski definition) is 3. The first kappa shape index (κ1) is 18.9. The van der Waals surface area contributed by atoms with Crippen LogP contribution in [0.1, 0.15) is 23.6 Å². The molecule has 6 heteroatoms. The lowest BCUT2D eigenvalue weighted by Gasteiger charge is -2.31. The standard InChI is InChI=1S/C21H26N4O2/c1-14-6-8-17(9-7-14)23-21(27)24-19-5-3-4-16-13-25(11-10-18(16)19)20(26)15(2)12-22/h3-9,15H,10-13,22H2,1-2H3,(H2,23,24,27). The molecule has 0 aromatic heterocycles. The Kier molecular flexibility index (Phi) is 5.76. The minimum atomic E-state index is -0.275. The number of hydrogen-bond donors (Lipinski definition) is 3. The lowest BCUT2D eigenvalue weighted by molar-refractivity contribution is -0.135. The van der Waals surface area contributed by atoms with Crippen molar-refractivity contribution in [2.45, 2.75) is 26.8 Å². The van der Waals surface area contributed by atoms with Gasteiger partial charge in [0, 0.05) is 36.9 Å². The molecule has 0 saturated heterocycles. The maximum atomic E-state index is 12.4. The summed E-state index contributed by atoms with van der Waals surface area (Å²) >= 11 is 0. The monoisotopic (exact) mass is 366 g/mol. The van der Waals surface area contributed by atoms with Gasteiger partial charge in [0.05, 0.1) is 0 Å². The van der Waals surface area contributed by atoms with Gasteiger partial charge in [0.15, 0.2) is 0 Å². The number of aryl methyl sites for hydroxylation is 1. The molecule has 142 valence electrons. The van der Waals surface area contributed by atoms with Crippen LogP contribution in [0, 0.1) is 12.8 Å². The number of amides is 3. The van der Waals surface area contributed by atoms with Crippen LogP contribution in [0.3, 0.4) is 0 Å². The third-order valence-corrected chi connectivity index (χ3v) is 4.91. The number of anilines is 2. The molecule has 1 atom stereocenters. The van der Waals surface area contributed by atoms with E-state index in [2.05, 4.69) is 10.6 Å². The van der Waals surface area contributed by atoms with Crippen molar-refractivity contribution >= 4 is 23.3 Å². The summed E-state index contributed by atoms with van der Waals surface area (Å²) in [6.07, 6.45) is 0.708. The van der Waals surface area contributed by atoms with Crippen molar-refractivity contribution in [3.8, 4) is 0 Å². The van der Waals surface area contributed by atoms with E-state index in [-0.39, 0.29) is 17.9 Å². The first-order chi connectivity index (χ1) is 13.0. The van der Waals surface area contributed by atoms with E-state index >= 15 is 0 Å². The molecule has 1 aliphatic rings. The second-order valence-corrected chi connectivity index (χ2v) is 7.03. The summed E-state index contributed by atoms with van der Waals surface area (Å²) in [7, 11) is 0. The van der Waals surface area contributed by atoms with Gasteiger partial charge in [-0.05, 0) is 42.7 Å². The highest BCUT2D eigenvalue weighted by atomic mass is 16.2. The van der Waals surface area contributed by atoms with Crippen molar-refractivity contribution in [3.05, 3.63) is 59.2 Å². The number of carbonyl (C=O) groups is 2. The van der Waals surface area contributed by atoms with E-state index in [1.54, 1.807) is 0 Å². The zero-order valence-electron chi connectivity index (χ0n) is 15.8. The molecule has 1 heterocycles. The summed E-state index contributed by atoms with van der Waals surface area (Å²) in [5.41, 5.74) is 10.4. The van der Waals surface area contributed by atoms with E-state index in [9.17, 15) is 9.59 Å². The second kappa shape index (κ2) is 8.22. The minimum Gasteiger partial charge on any atom is -0.338 e. The quantitative estimate of drug-likeness (QED) is 0.777. The van der Waals surface area contributed by atoms with Crippen LogP contribution in [0.15, 0.2) is 42.5 Å². The Hall–Kier alpha value is -2.86. The molecular formula is C21H26N4O2. The molecule has 0 bridgehead atoms. The average Bonchev–Trinajstić information content (AvgIpc) is 2.68. The van der Waals surface area contributed by atoms with Gasteiger partial charge in [-0.2, -0.15) is 0 Å². The van der Waals surface area contributed by atoms with Crippen LogP contribution in [0.4, 0.5) is 16.2 Å². The van der Waals surface area contributed by atoms with Crippen LogP contribution in [0.2, 0.25) is 0 Å². The van der Waals surface area contributed by atoms with Crippen LogP contribution in [0.5, 0.6) is 0 Å². The summed E-state index contributed by atoms with van der Waals surface area (Å²) in [5.74, 6) is -0.0910. The molecule has 2 aromatic rings. The van der Waals surface area contributed by atoms with Crippen LogP contribution >= 0.6 is 0 Å². The predicted octanol–water partition coefficient (Wildman–Crippen LogP) is 3.12. The Bertz CT molecular complexity index is 833. The molecule has 0 saturated carbocycles. The summed E-state index contributed by atoms with van der Waals surface area (Å²) in [4.78, 5) is 26.6. The largest absolute Gasteiger partial charge is 0.338 e. The molecule has 6 nitrogen and oxygen atoms in total. The van der Waals surface area contributed by atoms with Gasteiger partial charge < -0.3 is 21.3 Å². The Labute approximate surface area is 159 Å². The van der Waals surface area contributed by atoms with Crippen molar-refractivity contribution in [2.24, 2.45) is 11.7 Å². The Morgan fingerprint density at radius 3 is 2.59 bits per heavy atom. The van der Waals surface area contributed by atoms with Crippen LogP contribution < -0.4 is 16.4 Å². The number of nitrogens with two attached hydrogens (primary N) is 1. The van der Waals surface area contributed by atoms with Gasteiger partial charge in [0.1, 0.15) is 0 Å². The number of nitrogens with one attached hydrogen (secondary N) is 2. The van der Waals surface area contributed by atoms with Crippen LogP contribution in [-0.2, 0) is 17.8 Å². The lowest BCUT2D eigenvalue weighted by Crippen LogP contribution is -2.41. The number of urea groups is 1. The van der Waals surface area contributed by atoms with Crippen molar-refractivity contribution in [1.82, 2.24) is 4.90 Å². The molecule has 0 spiro atoms. The SMILES string of the molecule is Cc1ccc(NC(=O)Nc2cccc3c2CCN(C(=O)C(C)CN)C3)cc1. The van der Waals surface area contributed by atoms with Crippen molar-refractivity contribution in [1.29, 1.82) is 0 Å². The molecule has 3 amide bonds. The maximum Gasteiger partial charge on any atom is 0.323 e. The molecule has 27 heavy (non-hydrogen) atoms. The third kappa shape index (κ3) is 4.46. The van der Waals surface area contributed by atoms with E-state index in [1.165, 1.54) is 0 Å². The van der Waals surface area contributed by atoms with Crippen LogP contribution in [0.25, 0.3) is 0 Å². The summed E-state index contributed by atoms with van der Waals surface area (Å²) < 4.78 is 0. The number of nitrogens with zero attached hydrogens (tertiary/aromatic N) is 1. The Morgan fingerprint density at radius 2 is 1.89 bits per heavy atom. The molecule has 1 aliphatic heterocycles. The number of carbonyl (C=O) groups excluding carboxylic acids is 2. The molecular weight excluding hydrogens is 340 g/mol. The molecule has 3 rings (SSSR count). The highest BCUT2D eigenvalue weighted by Crippen LogP contribution is 2.27. The number of benzene rings is 2. The van der Waals surface area contributed by atoms with Gasteiger partial charge in [-0.25, -0.2) is 4.79 Å². The molecule has 2 aromatic carbocycles. The van der Waals surface area contributed by atoms with Crippen molar-refractivity contribution in [3.63, 3.8) is 0 Å². The van der Waals surface area contributed by atoms with Gasteiger partial charge in [-0.15, -0.1) is 0 Å².